The van der Waals surface area contributed by atoms with Gasteiger partial charge in [0.15, 0.2) is 0 Å². The monoisotopic (exact) mass is 244 g/mol. The van der Waals surface area contributed by atoms with Crippen LogP contribution in [-0.4, -0.2) is 4.98 Å². The van der Waals surface area contributed by atoms with Crippen molar-refractivity contribution in [3.05, 3.63) is 59.8 Å². The Labute approximate surface area is 106 Å². The molecule has 3 heteroatoms. The minimum absolute atomic E-state index is 0.0296. The second-order valence-electron chi connectivity index (χ2n) is 3.96. The van der Waals surface area contributed by atoms with Gasteiger partial charge < -0.3 is 5.73 Å². The summed E-state index contributed by atoms with van der Waals surface area (Å²) in [7, 11) is 0. The molecular formula is C14H16N2S. The summed E-state index contributed by atoms with van der Waals surface area (Å²) < 4.78 is 0. The van der Waals surface area contributed by atoms with Crippen LogP contribution in [0.2, 0.25) is 0 Å². The van der Waals surface area contributed by atoms with Crippen LogP contribution < -0.4 is 5.73 Å². The SMILES string of the molecule is C[C@@H](N)c1cccnc1SCc1ccccc1. The minimum Gasteiger partial charge on any atom is -0.324 e. The van der Waals surface area contributed by atoms with Crippen LogP contribution in [0.1, 0.15) is 24.1 Å². The van der Waals surface area contributed by atoms with Gasteiger partial charge in [-0.3, -0.25) is 0 Å². The lowest BCUT2D eigenvalue weighted by Crippen LogP contribution is -2.07. The molecule has 17 heavy (non-hydrogen) atoms. The lowest BCUT2D eigenvalue weighted by atomic mass is 10.2. The smallest absolute Gasteiger partial charge is 0.101 e. The Balaban J connectivity index is 2.09. The molecule has 0 aliphatic rings. The van der Waals surface area contributed by atoms with E-state index in [0.29, 0.717) is 0 Å². The number of nitrogens with zero attached hydrogens (tertiary/aromatic N) is 1. The van der Waals surface area contributed by atoms with Crippen molar-refractivity contribution in [2.75, 3.05) is 0 Å². The zero-order chi connectivity index (χ0) is 12.1. The number of hydrogen-bond acceptors (Lipinski definition) is 3. The Morgan fingerprint density at radius 1 is 1.18 bits per heavy atom. The Hall–Kier alpha value is -1.32. The predicted octanol–water partition coefficient (Wildman–Crippen LogP) is 3.39. The molecule has 0 bridgehead atoms. The van der Waals surface area contributed by atoms with E-state index in [-0.39, 0.29) is 6.04 Å². The van der Waals surface area contributed by atoms with Crippen molar-refractivity contribution in [1.82, 2.24) is 4.98 Å². The molecular weight excluding hydrogens is 228 g/mol. The third kappa shape index (κ3) is 3.32. The molecule has 1 aromatic carbocycles. The molecule has 0 aliphatic heterocycles. The van der Waals surface area contributed by atoms with E-state index in [4.69, 9.17) is 5.73 Å². The quantitative estimate of drug-likeness (QED) is 0.838. The van der Waals surface area contributed by atoms with Gasteiger partial charge in [-0.1, -0.05) is 36.4 Å². The molecule has 0 fully saturated rings. The van der Waals surface area contributed by atoms with Crippen molar-refractivity contribution in [2.45, 2.75) is 23.7 Å². The molecule has 0 spiro atoms. The number of rotatable bonds is 4. The van der Waals surface area contributed by atoms with Gasteiger partial charge in [0, 0.05) is 23.6 Å². The molecule has 2 rings (SSSR count). The first-order valence-electron chi connectivity index (χ1n) is 5.64. The molecule has 1 heterocycles. The van der Waals surface area contributed by atoms with Crippen LogP contribution in [0.25, 0.3) is 0 Å². The highest BCUT2D eigenvalue weighted by Crippen LogP contribution is 2.26. The maximum absolute atomic E-state index is 5.93. The second-order valence-corrected chi connectivity index (χ2v) is 4.92. The van der Waals surface area contributed by atoms with Crippen LogP contribution in [0.5, 0.6) is 0 Å². The van der Waals surface area contributed by atoms with Crippen molar-refractivity contribution >= 4 is 11.8 Å². The van der Waals surface area contributed by atoms with E-state index in [1.54, 1.807) is 11.8 Å². The summed E-state index contributed by atoms with van der Waals surface area (Å²) in [5, 5.41) is 1.03. The molecule has 0 saturated carbocycles. The van der Waals surface area contributed by atoms with E-state index in [1.807, 2.05) is 31.3 Å². The van der Waals surface area contributed by atoms with Gasteiger partial charge in [0.2, 0.25) is 0 Å². The topological polar surface area (TPSA) is 38.9 Å². The molecule has 88 valence electrons. The highest BCUT2D eigenvalue weighted by Gasteiger charge is 2.07. The van der Waals surface area contributed by atoms with Gasteiger partial charge in [-0.15, -0.1) is 11.8 Å². The van der Waals surface area contributed by atoms with Crippen LogP contribution in [0.3, 0.4) is 0 Å². The van der Waals surface area contributed by atoms with Crippen LogP contribution in [0, 0.1) is 0 Å². The van der Waals surface area contributed by atoms with Crippen molar-refractivity contribution in [3.8, 4) is 0 Å². The fraction of sp³-hybridized carbons (Fsp3) is 0.214. The summed E-state index contributed by atoms with van der Waals surface area (Å²) in [5.41, 5.74) is 8.35. The lowest BCUT2D eigenvalue weighted by molar-refractivity contribution is 0.779. The van der Waals surface area contributed by atoms with Gasteiger partial charge in [0.1, 0.15) is 5.03 Å². The fourth-order valence-corrected chi connectivity index (χ4v) is 2.65. The third-order valence-electron chi connectivity index (χ3n) is 2.51. The first-order valence-corrected chi connectivity index (χ1v) is 6.63. The minimum atomic E-state index is 0.0296. The highest BCUT2D eigenvalue weighted by atomic mass is 32.2. The van der Waals surface area contributed by atoms with Crippen molar-refractivity contribution in [3.63, 3.8) is 0 Å². The number of aromatic nitrogens is 1. The number of benzene rings is 1. The zero-order valence-electron chi connectivity index (χ0n) is 9.84. The van der Waals surface area contributed by atoms with E-state index in [9.17, 15) is 0 Å². The summed E-state index contributed by atoms with van der Waals surface area (Å²) in [6, 6.07) is 14.4. The molecule has 2 nitrogen and oxygen atoms in total. The van der Waals surface area contributed by atoms with Crippen molar-refractivity contribution in [1.29, 1.82) is 0 Å². The van der Waals surface area contributed by atoms with E-state index in [1.165, 1.54) is 5.56 Å². The number of thioether (sulfide) groups is 1. The molecule has 0 unspecified atom stereocenters. The lowest BCUT2D eigenvalue weighted by Gasteiger charge is -2.10. The van der Waals surface area contributed by atoms with Crippen LogP contribution in [0.4, 0.5) is 0 Å². The summed E-state index contributed by atoms with van der Waals surface area (Å²) in [5.74, 6) is 0.928. The Morgan fingerprint density at radius 3 is 2.65 bits per heavy atom. The normalized spacial score (nSPS) is 12.4. The Kier molecular flexibility index (Phi) is 4.18. The molecule has 0 saturated heterocycles. The number of nitrogens with two attached hydrogens (primary N) is 1. The fourth-order valence-electron chi connectivity index (χ4n) is 1.60. The van der Waals surface area contributed by atoms with Gasteiger partial charge in [-0.05, 0) is 18.6 Å². The molecule has 1 aromatic heterocycles. The van der Waals surface area contributed by atoms with Gasteiger partial charge in [0.25, 0.3) is 0 Å². The molecule has 0 radical (unpaired) electrons. The third-order valence-corrected chi connectivity index (χ3v) is 3.60. The van der Waals surface area contributed by atoms with E-state index in [2.05, 4.69) is 29.2 Å². The van der Waals surface area contributed by atoms with Crippen molar-refractivity contribution in [2.24, 2.45) is 5.73 Å². The standard InChI is InChI=1S/C14H16N2S/c1-11(15)13-8-5-9-16-14(13)17-10-12-6-3-2-4-7-12/h2-9,11H,10,15H2,1H3/t11-/m1/s1. The predicted molar refractivity (Wildman–Crippen MR) is 72.8 cm³/mol. The van der Waals surface area contributed by atoms with Gasteiger partial charge in [-0.2, -0.15) is 0 Å². The summed E-state index contributed by atoms with van der Waals surface area (Å²) in [4.78, 5) is 4.40. The maximum Gasteiger partial charge on any atom is 0.101 e. The van der Waals surface area contributed by atoms with Crippen LogP contribution in [-0.2, 0) is 5.75 Å². The van der Waals surface area contributed by atoms with E-state index >= 15 is 0 Å². The molecule has 2 aromatic rings. The molecule has 0 amide bonds. The van der Waals surface area contributed by atoms with Crippen LogP contribution >= 0.6 is 11.8 Å². The van der Waals surface area contributed by atoms with Gasteiger partial charge >= 0.3 is 0 Å². The average Bonchev–Trinajstić information content (AvgIpc) is 2.38. The number of hydrogen-bond donors (Lipinski definition) is 1. The highest BCUT2D eigenvalue weighted by molar-refractivity contribution is 7.98. The molecule has 1 atom stereocenters. The summed E-state index contributed by atoms with van der Waals surface area (Å²) in [6.45, 7) is 1.99. The first-order chi connectivity index (χ1) is 8.27. The Morgan fingerprint density at radius 2 is 1.94 bits per heavy atom. The summed E-state index contributed by atoms with van der Waals surface area (Å²) >= 11 is 1.74. The first kappa shape index (κ1) is 12.1. The maximum atomic E-state index is 5.93. The van der Waals surface area contributed by atoms with Crippen LogP contribution in [0.15, 0.2) is 53.7 Å². The molecule has 0 aliphatic carbocycles. The summed E-state index contributed by atoms with van der Waals surface area (Å²) in [6.07, 6.45) is 1.82. The second kappa shape index (κ2) is 5.84. The largest absolute Gasteiger partial charge is 0.324 e. The van der Waals surface area contributed by atoms with Gasteiger partial charge in [0.05, 0.1) is 0 Å². The van der Waals surface area contributed by atoms with E-state index in [0.717, 1.165) is 16.3 Å². The zero-order valence-corrected chi connectivity index (χ0v) is 10.7. The van der Waals surface area contributed by atoms with E-state index < -0.39 is 0 Å². The Bertz CT molecular complexity index is 469. The van der Waals surface area contributed by atoms with Crippen molar-refractivity contribution < 1.29 is 0 Å². The average molecular weight is 244 g/mol. The number of pyridine rings is 1. The van der Waals surface area contributed by atoms with Gasteiger partial charge in [-0.25, -0.2) is 4.98 Å². The molecule has 2 N–H and O–H groups in total.